The van der Waals surface area contributed by atoms with Crippen molar-refractivity contribution in [3.8, 4) is 0 Å². The van der Waals surface area contributed by atoms with Crippen molar-refractivity contribution in [3.05, 3.63) is 11.3 Å². The molecule has 1 rings (SSSR count). The summed E-state index contributed by atoms with van der Waals surface area (Å²) in [6, 6.07) is 0. The third kappa shape index (κ3) is 3.66. The Labute approximate surface area is 103 Å². The summed E-state index contributed by atoms with van der Waals surface area (Å²) in [6.07, 6.45) is 2.25. The van der Waals surface area contributed by atoms with E-state index in [4.69, 9.17) is 10.5 Å². The maximum absolute atomic E-state index is 11.9. The van der Waals surface area contributed by atoms with Crippen LogP contribution in [0.5, 0.6) is 0 Å². The topological polar surface area (TPSA) is 64.7 Å². The SMILES string of the molecule is COCCN=C(C1=C(N)CCCC1=O)C(C)C. The van der Waals surface area contributed by atoms with Crippen LogP contribution in [0.25, 0.3) is 0 Å². The van der Waals surface area contributed by atoms with Gasteiger partial charge in [0.2, 0.25) is 0 Å². The molecule has 1 aliphatic carbocycles. The van der Waals surface area contributed by atoms with Gasteiger partial charge in [-0.2, -0.15) is 0 Å². The summed E-state index contributed by atoms with van der Waals surface area (Å²) in [5.74, 6) is 0.348. The summed E-state index contributed by atoms with van der Waals surface area (Å²) in [7, 11) is 1.64. The highest BCUT2D eigenvalue weighted by atomic mass is 16.5. The molecule has 0 heterocycles. The van der Waals surface area contributed by atoms with E-state index >= 15 is 0 Å². The number of aliphatic imine (C=N–C) groups is 1. The molecular weight excluding hydrogens is 216 g/mol. The maximum atomic E-state index is 11.9. The van der Waals surface area contributed by atoms with Crippen LogP contribution >= 0.6 is 0 Å². The van der Waals surface area contributed by atoms with Crippen LogP contribution in [0, 0.1) is 5.92 Å². The number of ketones is 1. The van der Waals surface area contributed by atoms with E-state index in [2.05, 4.69) is 4.99 Å². The second-order valence-electron chi connectivity index (χ2n) is 4.59. The number of nitrogens with zero attached hydrogens (tertiary/aromatic N) is 1. The van der Waals surface area contributed by atoms with E-state index in [-0.39, 0.29) is 11.7 Å². The van der Waals surface area contributed by atoms with Gasteiger partial charge in [0.25, 0.3) is 0 Å². The minimum absolute atomic E-state index is 0.138. The Morgan fingerprint density at radius 3 is 2.71 bits per heavy atom. The van der Waals surface area contributed by atoms with E-state index in [1.807, 2.05) is 13.8 Å². The summed E-state index contributed by atoms with van der Waals surface area (Å²) in [4.78, 5) is 16.4. The predicted molar refractivity (Wildman–Crippen MR) is 69.1 cm³/mol. The van der Waals surface area contributed by atoms with Crippen LogP contribution in [0.15, 0.2) is 16.3 Å². The molecule has 4 heteroatoms. The van der Waals surface area contributed by atoms with Crippen LogP contribution < -0.4 is 5.73 Å². The van der Waals surface area contributed by atoms with Crippen LogP contribution in [0.3, 0.4) is 0 Å². The zero-order valence-electron chi connectivity index (χ0n) is 11.0. The lowest BCUT2D eigenvalue weighted by atomic mass is 9.87. The summed E-state index contributed by atoms with van der Waals surface area (Å²) in [6.45, 7) is 5.22. The number of hydrogen-bond donors (Lipinski definition) is 1. The minimum Gasteiger partial charge on any atom is -0.401 e. The Kier molecular flexibility index (Phi) is 5.35. The molecule has 0 spiro atoms. The fourth-order valence-corrected chi connectivity index (χ4v) is 1.98. The van der Waals surface area contributed by atoms with Gasteiger partial charge in [0.05, 0.1) is 18.7 Å². The van der Waals surface area contributed by atoms with E-state index in [1.54, 1.807) is 7.11 Å². The summed E-state index contributed by atoms with van der Waals surface area (Å²) in [5, 5.41) is 0. The molecule has 17 heavy (non-hydrogen) atoms. The van der Waals surface area contributed by atoms with Crippen molar-refractivity contribution >= 4 is 11.5 Å². The average Bonchev–Trinajstić information content (AvgIpc) is 2.26. The number of Topliss-reactive ketones (excluding diaryl/α,β-unsaturated/α-hetero) is 1. The third-order valence-electron chi connectivity index (χ3n) is 2.83. The van der Waals surface area contributed by atoms with Gasteiger partial charge >= 0.3 is 0 Å². The molecule has 4 nitrogen and oxygen atoms in total. The van der Waals surface area contributed by atoms with Crippen LogP contribution in [-0.4, -0.2) is 31.8 Å². The molecular formula is C13H22N2O2. The molecule has 2 N–H and O–H groups in total. The highest BCUT2D eigenvalue weighted by molar-refractivity contribution is 6.23. The summed E-state index contributed by atoms with van der Waals surface area (Å²) < 4.78 is 4.97. The summed E-state index contributed by atoms with van der Waals surface area (Å²) in [5.41, 5.74) is 8.17. The molecule has 0 unspecified atom stereocenters. The molecule has 0 radical (unpaired) electrons. The number of allylic oxidation sites excluding steroid dienone is 2. The standard InChI is InChI=1S/C13H22N2O2/c1-9(2)13(15-7-8-17-3)12-10(14)5-4-6-11(12)16/h9H,4-8,14H2,1-3H3. The molecule has 96 valence electrons. The first-order chi connectivity index (χ1) is 8.07. The van der Waals surface area contributed by atoms with Crippen molar-refractivity contribution in [1.82, 2.24) is 0 Å². The van der Waals surface area contributed by atoms with Crippen molar-refractivity contribution in [1.29, 1.82) is 0 Å². The van der Waals surface area contributed by atoms with E-state index in [0.29, 0.717) is 30.8 Å². The number of ether oxygens (including phenoxy) is 1. The smallest absolute Gasteiger partial charge is 0.166 e. The summed E-state index contributed by atoms with van der Waals surface area (Å²) >= 11 is 0. The van der Waals surface area contributed by atoms with Crippen molar-refractivity contribution in [2.45, 2.75) is 33.1 Å². The van der Waals surface area contributed by atoms with Gasteiger partial charge in [-0.05, 0) is 18.8 Å². The fraction of sp³-hybridized carbons (Fsp3) is 0.692. The molecule has 1 aliphatic rings. The maximum Gasteiger partial charge on any atom is 0.166 e. The van der Waals surface area contributed by atoms with E-state index < -0.39 is 0 Å². The zero-order chi connectivity index (χ0) is 12.8. The highest BCUT2D eigenvalue weighted by Crippen LogP contribution is 2.22. The van der Waals surface area contributed by atoms with Crippen LogP contribution in [0.1, 0.15) is 33.1 Å². The Morgan fingerprint density at radius 2 is 2.18 bits per heavy atom. The lowest BCUT2D eigenvalue weighted by Gasteiger charge is -2.20. The van der Waals surface area contributed by atoms with Crippen LogP contribution in [0.4, 0.5) is 0 Å². The molecule has 0 aliphatic heterocycles. The molecule has 0 bridgehead atoms. The minimum atomic E-state index is 0.138. The molecule has 0 saturated heterocycles. The van der Waals surface area contributed by atoms with Gasteiger partial charge in [0.15, 0.2) is 5.78 Å². The van der Waals surface area contributed by atoms with Crippen molar-refractivity contribution < 1.29 is 9.53 Å². The number of carbonyl (C=O) groups excluding carboxylic acids is 1. The van der Waals surface area contributed by atoms with Crippen molar-refractivity contribution in [3.63, 3.8) is 0 Å². The van der Waals surface area contributed by atoms with E-state index in [9.17, 15) is 4.79 Å². The largest absolute Gasteiger partial charge is 0.401 e. The lowest BCUT2D eigenvalue weighted by molar-refractivity contribution is -0.115. The van der Waals surface area contributed by atoms with Crippen molar-refractivity contribution in [2.24, 2.45) is 16.6 Å². The molecule has 0 aromatic rings. The van der Waals surface area contributed by atoms with Gasteiger partial charge in [-0.1, -0.05) is 13.8 Å². The predicted octanol–water partition coefficient (Wildman–Crippen LogP) is 1.70. The molecule has 0 fully saturated rings. The number of rotatable bonds is 5. The Morgan fingerprint density at radius 1 is 1.47 bits per heavy atom. The molecule has 0 aromatic carbocycles. The number of methoxy groups -OCH3 is 1. The monoisotopic (exact) mass is 238 g/mol. The van der Waals surface area contributed by atoms with E-state index in [1.165, 1.54) is 0 Å². The lowest BCUT2D eigenvalue weighted by Crippen LogP contribution is -2.26. The van der Waals surface area contributed by atoms with Gasteiger partial charge in [0, 0.05) is 24.9 Å². The molecule has 0 aromatic heterocycles. The second kappa shape index (κ2) is 6.55. The molecule has 0 saturated carbocycles. The first kappa shape index (κ1) is 13.9. The Hall–Kier alpha value is -1.16. The zero-order valence-corrected chi connectivity index (χ0v) is 11.0. The number of nitrogens with two attached hydrogens (primary N) is 1. The normalized spacial score (nSPS) is 18.1. The second-order valence-corrected chi connectivity index (χ2v) is 4.59. The number of carbonyl (C=O) groups is 1. The van der Waals surface area contributed by atoms with Gasteiger partial charge in [-0.15, -0.1) is 0 Å². The fourth-order valence-electron chi connectivity index (χ4n) is 1.98. The number of hydrogen-bond acceptors (Lipinski definition) is 4. The van der Waals surface area contributed by atoms with Gasteiger partial charge in [-0.3, -0.25) is 9.79 Å². The molecule has 0 amide bonds. The first-order valence-electron chi connectivity index (χ1n) is 6.13. The van der Waals surface area contributed by atoms with E-state index in [0.717, 1.165) is 18.6 Å². The van der Waals surface area contributed by atoms with Crippen molar-refractivity contribution in [2.75, 3.05) is 20.3 Å². The quantitative estimate of drug-likeness (QED) is 0.585. The van der Waals surface area contributed by atoms with Gasteiger partial charge in [0.1, 0.15) is 0 Å². The van der Waals surface area contributed by atoms with Gasteiger partial charge < -0.3 is 10.5 Å². The van der Waals surface area contributed by atoms with Gasteiger partial charge in [-0.25, -0.2) is 0 Å². The highest BCUT2D eigenvalue weighted by Gasteiger charge is 2.24. The molecule has 0 atom stereocenters. The first-order valence-corrected chi connectivity index (χ1v) is 6.13. The van der Waals surface area contributed by atoms with Crippen LogP contribution in [-0.2, 0) is 9.53 Å². The Bertz CT molecular complexity index is 343. The van der Waals surface area contributed by atoms with Crippen LogP contribution in [0.2, 0.25) is 0 Å². The average molecular weight is 238 g/mol. The third-order valence-corrected chi connectivity index (χ3v) is 2.83. The Balaban J connectivity index is 2.97.